The number of carbonyl (C=O) groups is 1. The number of rotatable bonds is 7. The van der Waals surface area contributed by atoms with Gasteiger partial charge in [-0.1, -0.05) is 12.1 Å². The van der Waals surface area contributed by atoms with E-state index >= 15 is 0 Å². The summed E-state index contributed by atoms with van der Waals surface area (Å²) in [6.07, 6.45) is 1.58. The Hall–Kier alpha value is -3.33. The highest BCUT2D eigenvalue weighted by atomic mass is 19.1. The number of hydrogen-bond donors (Lipinski definition) is 3. The van der Waals surface area contributed by atoms with E-state index in [9.17, 15) is 9.18 Å². The van der Waals surface area contributed by atoms with Gasteiger partial charge < -0.3 is 15.4 Å². The Morgan fingerprint density at radius 2 is 1.94 bits per heavy atom. The Labute approximate surface area is 198 Å². The van der Waals surface area contributed by atoms with Gasteiger partial charge in [0.1, 0.15) is 11.6 Å². The van der Waals surface area contributed by atoms with E-state index in [1.165, 1.54) is 12.1 Å². The van der Waals surface area contributed by atoms with Gasteiger partial charge in [-0.05, 0) is 79.9 Å². The summed E-state index contributed by atoms with van der Waals surface area (Å²) in [6, 6.07) is 12.3. The molecule has 0 spiro atoms. The van der Waals surface area contributed by atoms with Crippen molar-refractivity contribution in [3.8, 4) is 17.1 Å². The Morgan fingerprint density at radius 1 is 1.18 bits per heavy atom. The van der Waals surface area contributed by atoms with Gasteiger partial charge in [0.25, 0.3) is 0 Å². The third-order valence-electron chi connectivity index (χ3n) is 6.20. The lowest BCUT2D eigenvalue weighted by Crippen LogP contribution is -2.45. The quantitative estimate of drug-likeness (QED) is 0.492. The highest BCUT2D eigenvalue weighted by molar-refractivity contribution is 5.81. The molecule has 1 aromatic heterocycles. The zero-order valence-electron chi connectivity index (χ0n) is 19.9. The fourth-order valence-electron chi connectivity index (χ4n) is 4.72. The smallest absolute Gasteiger partial charge is 0.224 e. The van der Waals surface area contributed by atoms with Gasteiger partial charge in [-0.15, -0.1) is 5.10 Å². The standard InChI is InChI=1S/C25H31FN6O2/c1-25(2,3)28-24(33)19-10-11-20(22(19)15-5-8-18(26)9-6-15)27-14-17-13-16(7-12-21(17)34-4)23-29-31-32-30-23/h5-9,12-13,19-20,22,27H,10-11,14H2,1-4H3,(H,28,33)(H,29,30,31,32). The number of aromatic amines is 1. The number of nitrogens with zero attached hydrogens (tertiary/aromatic N) is 3. The maximum Gasteiger partial charge on any atom is 0.224 e. The van der Waals surface area contributed by atoms with E-state index in [1.54, 1.807) is 19.2 Å². The molecule has 1 aliphatic rings. The highest BCUT2D eigenvalue weighted by Crippen LogP contribution is 2.41. The van der Waals surface area contributed by atoms with E-state index in [-0.39, 0.29) is 35.1 Å². The Bertz CT molecular complexity index is 1110. The van der Waals surface area contributed by atoms with Crippen LogP contribution in [0.1, 0.15) is 50.7 Å². The molecule has 4 rings (SSSR count). The molecule has 3 aromatic rings. The zero-order valence-corrected chi connectivity index (χ0v) is 19.9. The average Bonchev–Trinajstić information content (AvgIpc) is 3.47. The summed E-state index contributed by atoms with van der Waals surface area (Å²) < 4.78 is 19.2. The van der Waals surface area contributed by atoms with Crippen LogP contribution in [0.25, 0.3) is 11.4 Å². The maximum absolute atomic E-state index is 13.6. The minimum absolute atomic E-state index is 0.0310. The van der Waals surface area contributed by atoms with E-state index < -0.39 is 0 Å². The van der Waals surface area contributed by atoms with Crippen LogP contribution in [0.2, 0.25) is 0 Å². The molecule has 2 aromatic carbocycles. The van der Waals surface area contributed by atoms with Gasteiger partial charge >= 0.3 is 0 Å². The van der Waals surface area contributed by atoms with Gasteiger partial charge in [-0.2, -0.15) is 0 Å². The lowest BCUT2D eigenvalue weighted by molar-refractivity contribution is -0.126. The van der Waals surface area contributed by atoms with Gasteiger partial charge in [0.2, 0.25) is 5.91 Å². The topological polar surface area (TPSA) is 105 Å². The van der Waals surface area contributed by atoms with E-state index in [4.69, 9.17) is 4.74 Å². The molecule has 0 saturated heterocycles. The molecule has 1 saturated carbocycles. The van der Waals surface area contributed by atoms with Crippen molar-refractivity contribution in [2.24, 2.45) is 5.92 Å². The largest absolute Gasteiger partial charge is 0.496 e. The molecule has 34 heavy (non-hydrogen) atoms. The molecule has 3 N–H and O–H groups in total. The number of amides is 1. The van der Waals surface area contributed by atoms with Crippen molar-refractivity contribution < 1.29 is 13.9 Å². The minimum atomic E-state index is -0.320. The molecule has 1 amide bonds. The number of nitrogens with one attached hydrogen (secondary N) is 3. The Kier molecular flexibility index (Phi) is 6.92. The summed E-state index contributed by atoms with van der Waals surface area (Å²) in [5.74, 6) is 0.801. The fraction of sp³-hybridized carbons (Fsp3) is 0.440. The number of ether oxygens (including phenoxy) is 1. The lowest BCUT2D eigenvalue weighted by Gasteiger charge is -2.29. The number of methoxy groups -OCH3 is 1. The number of halogens is 1. The monoisotopic (exact) mass is 466 g/mol. The minimum Gasteiger partial charge on any atom is -0.496 e. The predicted molar refractivity (Wildman–Crippen MR) is 127 cm³/mol. The summed E-state index contributed by atoms with van der Waals surface area (Å²) in [7, 11) is 1.64. The third-order valence-corrected chi connectivity index (χ3v) is 6.20. The van der Waals surface area contributed by atoms with Gasteiger partial charge in [0.05, 0.1) is 7.11 Å². The second-order valence-corrected chi connectivity index (χ2v) is 9.76. The molecule has 9 heteroatoms. The van der Waals surface area contributed by atoms with Crippen molar-refractivity contribution in [3.05, 3.63) is 59.4 Å². The van der Waals surface area contributed by atoms with Crippen LogP contribution in [-0.2, 0) is 11.3 Å². The number of benzene rings is 2. The molecule has 0 bridgehead atoms. The molecule has 0 radical (unpaired) electrons. The number of carbonyl (C=O) groups excluding carboxylic acids is 1. The summed E-state index contributed by atoms with van der Waals surface area (Å²) in [6.45, 7) is 6.47. The zero-order chi connectivity index (χ0) is 24.3. The van der Waals surface area contributed by atoms with E-state index in [1.807, 2.05) is 39.0 Å². The van der Waals surface area contributed by atoms with Crippen molar-refractivity contribution >= 4 is 5.91 Å². The first-order valence-corrected chi connectivity index (χ1v) is 11.5. The van der Waals surface area contributed by atoms with Crippen molar-refractivity contribution in [2.75, 3.05) is 7.11 Å². The van der Waals surface area contributed by atoms with Crippen LogP contribution in [0.4, 0.5) is 4.39 Å². The lowest BCUT2D eigenvalue weighted by atomic mass is 9.85. The Balaban J connectivity index is 1.57. The molecular formula is C25H31FN6O2. The number of hydrogen-bond acceptors (Lipinski definition) is 6. The molecule has 0 aliphatic heterocycles. The molecule has 1 heterocycles. The van der Waals surface area contributed by atoms with Crippen LogP contribution in [0.5, 0.6) is 5.75 Å². The molecule has 8 nitrogen and oxygen atoms in total. The number of H-pyrrole nitrogens is 1. The predicted octanol–water partition coefficient (Wildman–Crippen LogP) is 3.58. The van der Waals surface area contributed by atoms with Crippen molar-refractivity contribution in [1.29, 1.82) is 0 Å². The number of aromatic nitrogens is 4. The number of tetrazole rings is 1. The average molecular weight is 467 g/mol. The van der Waals surface area contributed by atoms with Gasteiger partial charge in [-0.3, -0.25) is 4.79 Å². The van der Waals surface area contributed by atoms with Gasteiger partial charge in [0.15, 0.2) is 5.82 Å². The van der Waals surface area contributed by atoms with Gasteiger partial charge in [-0.25, -0.2) is 9.49 Å². The van der Waals surface area contributed by atoms with Crippen molar-refractivity contribution in [2.45, 2.75) is 57.7 Å². The molecule has 3 atom stereocenters. The summed E-state index contributed by atoms with van der Waals surface area (Å²) in [4.78, 5) is 13.2. The normalized spacial score (nSPS) is 20.3. The second kappa shape index (κ2) is 9.89. The SMILES string of the molecule is COc1ccc(-c2nnn[nH]2)cc1CNC1CCC(C(=O)NC(C)(C)C)C1c1ccc(F)cc1. The van der Waals surface area contributed by atoms with Crippen LogP contribution in [0.3, 0.4) is 0 Å². The molecule has 1 aliphatic carbocycles. The first kappa shape index (κ1) is 23.8. The molecule has 3 unspecified atom stereocenters. The fourth-order valence-corrected chi connectivity index (χ4v) is 4.72. The van der Waals surface area contributed by atoms with Crippen molar-refractivity contribution in [3.63, 3.8) is 0 Å². The van der Waals surface area contributed by atoms with Crippen LogP contribution in [0.15, 0.2) is 42.5 Å². The summed E-state index contributed by atoms with van der Waals surface area (Å²) in [5.41, 5.74) is 2.45. The summed E-state index contributed by atoms with van der Waals surface area (Å²) in [5, 5.41) is 20.8. The summed E-state index contributed by atoms with van der Waals surface area (Å²) >= 11 is 0. The first-order chi connectivity index (χ1) is 16.2. The first-order valence-electron chi connectivity index (χ1n) is 11.5. The highest BCUT2D eigenvalue weighted by Gasteiger charge is 2.41. The van der Waals surface area contributed by atoms with E-state index in [0.29, 0.717) is 12.4 Å². The van der Waals surface area contributed by atoms with Crippen LogP contribution >= 0.6 is 0 Å². The van der Waals surface area contributed by atoms with E-state index in [0.717, 1.165) is 35.3 Å². The van der Waals surface area contributed by atoms with Crippen molar-refractivity contribution in [1.82, 2.24) is 31.3 Å². The Morgan fingerprint density at radius 3 is 2.59 bits per heavy atom. The maximum atomic E-state index is 13.6. The molecule has 180 valence electrons. The third kappa shape index (κ3) is 5.41. The molecule has 1 fully saturated rings. The second-order valence-electron chi connectivity index (χ2n) is 9.76. The van der Waals surface area contributed by atoms with Crippen LogP contribution in [-0.4, -0.2) is 45.2 Å². The molecular weight excluding hydrogens is 435 g/mol. The van der Waals surface area contributed by atoms with Crippen LogP contribution < -0.4 is 15.4 Å². The van der Waals surface area contributed by atoms with Crippen LogP contribution in [0, 0.1) is 11.7 Å². The van der Waals surface area contributed by atoms with Gasteiger partial charge in [0, 0.05) is 41.1 Å². The van der Waals surface area contributed by atoms with E-state index in [2.05, 4.69) is 31.3 Å².